The summed E-state index contributed by atoms with van der Waals surface area (Å²) >= 11 is 0. The van der Waals surface area contributed by atoms with Crippen LogP contribution in [0.2, 0.25) is 0 Å². The van der Waals surface area contributed by atoms with Crippen LogP contribution in [0, 0.1) is 0 Å². The molecule has 6 heteroatoms. The first-order valence-electron chi connectivity index (χ1n) is 5.15. The van der Waals surface area contributed by atoms with Gasteiger partial charge in [0.15, 0.2) is 0 Å². The highest BCUT2D eigenvalue weighted by atomic mass is 16.6. The van der Waals surface area contributed by atoms with Crippen molar-refractivity contribution in [2.75, 3.05) is 20.3 Å². The van der Waals surface area contributed by atoms with E-state index in [2.05, 4.69) is 10.1 Å². The predicted octanol–water partition coefficient (Wildman–Crippen LogP) is 1.21. The van der Waals surface area contributed by atoms with Crippen molar-refractivity contribution in [3.63, 3.8) is 0 Å². The van der Waals surface area contributed by atoms with Crippen LogP contribution in [-0.4, -0.2) is 37.9 Å². The summed E-state index contributed by atoms with van der Waals surface area (Å²) in [5, 5.41) is 2.29. The number of methoxy groups -OCH3 is 1. The first kappa shape index (κ1) is 15.3. The number of nitrogens with one attached hydrogen (secondary N) is 1. The zero-order valence-electron chi connectivity index (χ0n) is 10.6. The molecule has 6 nitrogen and oxygen atoms in total. The molecule has 0 aromatic heterocycles. The molecule has 17 heavy (non-hydrogen) atoms. The minimum atomic E-state index is -0.651. The molecule has 1 N–H and O–H groups in total. The Hall–Kier alpha value is -1.72. The zero-order chi connectivity index (χ0) is 13.3. The third-order valence-corrected chi connectivity index (χ3v) is 1.35. The third kappa shape index (κ3) is 10.6. The van der Waals surface area contributed by atoms with E-state index in [1.165, 1.54) is 19.4 Å². The fourth-order valence-corrected chi connectivity index (χ4v) is 0.786. The molecule has 0 bridgehead atoms. The molecule has 0 spiro atoms. The minimum Gasteiger partial charge on any atom is -0.505 e. The first-order chi connectivity index (χ1) is 7.85. The summed E-state index contributed by atoms with van der Waals surface area (Å²) in [6.45, 7) is 5.08. The van der Waals surface area contributed by atoms with Gasteiger partial charge in [-0.05, 0) is 26.8 Å². The van der Waals surface area contributed by atoms with Crippen LogP contribution in [0.3, 0.4) is 0 Å². The van der Waals surface area contributed by atoms with Gasteiger partial charge in [-0.15, -0.1) is 0 Å². The summed E-state index contributed by atoms with van der Waals surface area (Å²) in [4.78, 5) is 22.3. The van der Waals surface area contributed by atoms with Crippen molar-refractivity contribution in [1.82, 2.24) is 5.32 Å². The summed E-state index contributed by atoms with van der Waals surface area (Å²) in [6, 6.07) is 0. The van der Waals surface area contributed by atoms with Gasteiger partial charge in [0.25, 0.3) is 0 Å². The van der Waals surface area contributed by atoms with E-state index >= 15 is 0 Å². The van der Waals surface area contributed by atoms with Gasteiger partial charge in [0.1, 0.15) is 18.8 Å². The lowest BCUT2D eigenvalue weighted by Gasteiger charge is -2.19. The summed E-state index contributed by atoms with van der Waals surface area (Å²) in [6.07, 6.45) is 2.28. The number of hydrogen-bond acceptors (Lipinski definition) is 5. The highest BCUT2D eigenvalue weighted by Gasteiger charge is 2.16. The van der Waals surface area contributed by atoms with Gasteiger partial charge < -0.3 is 19.5 Å². The molecule has 0 heterocycles. The average Bonchev–Trinajstić information content (AvgIpc) is 2.19. The van der Waals surface area contributed by atoms with E-state index < -0.39 is 17.7 Å². The van der Waals surface area contributed by atoms with E-state index in [0.717, 1.165) is 0 Å². The van der Waals surface area contributed by atoms with Gasteiger partial charge in [-0.2, -0.15) is 0 Å². The van der Waals surface area contributed by atoms with E-state index in [-0.39, 0.29) is 13.2 Å². The maximum atomic E-state index is 11.2. The van der Waals surface area contributed by atoms with Crippen molar-refractivity contribution < 1.29 is 23.8 Å². The van der Waals surface area contributed by atoms with Crippen LogP contribution < -0.4 is 5.32 Å². The lowest BCUT2D eigenvalue weighted by Crippen LogP contribution is -2.36. The van der Waals surface area contributed by atoms with Crippen molar-refractivity contribution in [2.24, 2.45) is 0 Å². The Bertz CT molecular complexity index is 280. The normalized spacial score (nSPS) is 11.1. The van der Waals surface area contributed by atoms with Crippen molar-refractivity contribution in [3.8, 4) is 0 Å². The van der Waals surface area contributed by atoms with Gasteiger partial charge in [-0.3, -0.25) is 4.79 Å². The number of amides is 1. The van der Waals surface area contributed by atoms with Crippen LogP contribution in [0.4, 0.5) is 4.79 Å². The van der Waals surface area contributed by atoms with Crippen LogP contribution in [0.1, 0.15) is 20.8 Å². The van der Waals surface area contributed by atoms with Gasteiger partial charge in [0.05, 0.1) is 13.4 Å². The third-order valence-electron chi connectivity index (χ3n) is 1.35. The van der Waals surface area contributed by atoms with Gasteiger partial charge in [-0.1, -0.05) is 0 Å². The van der Waals surface area contributed by atoms with E-state index in [1.54, 1.807) is 20.8 Å². The number of carbonyl (C=O) groups is 2. The molecule has 0 aliphatic heterocycles. The fourth-order valence-electron chi connectivity index (χ4n) is 0.786. The summed E-state index contributed by atoms with van der Waals surface area (Å²) in [5.74, 6) is -0.545. The smallest absolute Gasteiger partial charge is 0.408 e. The first-order valence-corrected chi connectivity index (χ1v) is 5.15. The summed E-state index contributed by atoms with van der Waals surface area (Å²) in [5.41, 5.74) is -0.588. The van der Waals surface area contributed by atoms with Gasteiger partial charge in [0, 0.05) is 0 Å². The number of hydrogen-bond donors (Lipinski definition) is 1. The Balaban J connectivity index is 3.70. The summed E-state index contributed by atoms with van der Waals surface area (Å²) in [7, 11) is 1.49. The molecule has 0 rings (SSSR count). The molecule has 0 unspecified atom stereocenters. The van der Waals surface area contributed by atoms with Crippen LogP contribution in [0.25, 0.3) is 0 Å². The second-order valence-electron chi connectivity index (χ2n) is 4.15. The van der Waals surface area contributed by atoms with Crippen molar-refractivity contribution >= 4 is 12.1 Å². The second kappa shape index (κ2) is 7.54. The van der Waals surface area contributed by atoms with Crippen LogP contribution >= 0.6 is 0 Å². The predicted molar refractivity (Wildman–Crippen MR) is 61.3 cm³/mol. The molecular formula is C11H19NO5. The molecule has 0 fully saturated rings. The maximum absolute atomic E-state index is 11.2. The van der Waals surface area contributed by atoms with Crippen LogP contribution in [0.5, 0.6) is 0 Å². The van der Waals surface area contributed by atoms with E-state index in [0.29, 0.717) is 0 Å². The highest BCUT2D eigenvalue weighted by molar-refractivity contribution is 5.78. The Labute approximate surface area is 101 Å². The van der Waals surface area contributed by atoms with Gasteiger partial charge in [0.2, 0.25) is 0 Å². The molecule has 0 aliphatic carbocycles. The molecule has 0 aliphatic rings. The van der Waals surface area contributed by atoms with Gasteiger partial charge >= 0.3 is 12.1 Å². The number of alkyl carbamates (subject to hydrolysis) is 1. The molecule has 98 valence electrons. The fraction of sp³-hybridized carbons (Fsp3) is 0.636. The summed E-state index contributed by atoms with van der Waals surface area (Å²) < 4.78 is 14.3. The highest BCUT2D eigenvalue weighted by Crippen LogP contribution is 2.06. The van der Waals surface area contributed by atoms with Crippen molar-refractivity contribution in [3.05, 3.63) is 12.3 Å². The minimum absolute atomic E-state index is 0.0999. The molecule has 0 radical (unpaired) electrons. The van der Waals surface area contributed by atoms with E-state index in [4.69, 9.17) is 9.47 Å². The monoisotopic (exact) mass is 245 g/mol. The van der Waals surface area contributed by atoms with Gasteiger partial charge in [-0.25, -0.2) is 4.79 Å². The molecule has 1 amide bonds. The topological polar surface area (TPSA) is 73.9 Å². The molecule has 0 aromatic rings. The van der Waals surface area contributed by atoms with Crippen molar-refractivity contribution in [2.45, 2.75) is 26.4 Å². The number of esters is 1. The largest absolute Gasteiger partial charge is 0.505 e. The molecule has 0 saturated heterocycles. The number of rotatable bonds is 5. The SMILES string of the molecule is CO/C=C/COC(=O)CNC(=O)OC(C)(C)C. The average molecular weight is 245 g/mol. The molecule has 0 saturated carbocycles. The van der Waals surface area contributed by atoms with E-state index in [1.807, 2.05) is 0 Å². The lowest BCUT2D eigenvalue weighted by atomic mass is 10.2. The second-order valence-corrected chi connectivity index (χ2v) is 4.15. The van der Waals surface area contributed by atoms with Crippen LogP contribution in [-0.2, 0) is 19.0 Å². The standard InChI is InChI=1S/C11H19NO5/c1-11(2,3)17-10(14)12-8-9(13)16-7-5-6-15-4/h5-6H,7-8H2,1-4H3,(H,12,14)/b6-5+. The Morgan fingerprint density at radius 3 is 2.47 bits per heavy atom. The number of carbonyl (C=O) groups excluding carboxylic acids is 2. The maximum Gasteiger partial charge on any atom is 0.408 e. The lowest BCUT2D eigenvalue weighted by molar-refractivity contribution is -0.141. The van der Waals surface area contributed by atoms with Crippen LogP contribution in [0.15, 0.2) is 12.3 Å². The molecule has 0 aromatic carbocycles. The Morgan fingerprint density at radius 2 is 1.94 bits per heavy atom. The van der Waals surface area contributed by atoms with E-state index in [9.17, 15) is 9.59 Å². The zero-order valence-corrected chi connectivity index (χ0v) is 10.6. The van der Waals surface area contributed by atoms with Crippen molar-refractivity contribution in [1.29, 1.82) is 0 Å². The molecule has 0 atom stereocenters. The quantitative estimate of drug-likeness (QED) is 0.582. The Morgan fingerprint density at radius 1 is 1.29 bits per heavy atom. The molecular weight excluding hydrogens is 226 g/mol. The number of ether oxygens (including phenoxy) is 3. The Kier molecular flexibility index (Phi) is 6.77.